The molecule has 3 rings (SSSR count). The average Bonchev–Trinajstić information content (AvgIpc) is 3.20. The molecular weight excluding hydrogens is 334 g/mol. The third-order valence-electron chi connectivity index (χ3n) is 4.41. The molecule has 3 heteroatoms. The normalized spacial score (nSPS) is 13.1. The number of aromatic hydroxyl groups is 1. The van der Waals surface area contributed by atoms with E-state index in [0.29, 0.717) is 11.8 Å². The Morgan fingerprint density at radius 3 is 2.04 bits per heavy atom. The van der Waals surface area contributed by atoms with Crippen LogP contribution in [0, 0.1) is 18.8 Å². The number of amides is 1. The lowest BCUT2D eigenvalue weighted by Gasteiger charge is -2.13. The first-order chi connectivity index (χ1) is 13.0. The highest BCUT2D eigenvalue weighted by atomic mass is 16.3. The van der Waals surface area contributed by atoms with Gasteiger partial charge in [-0.2, -0.15) is 0 Å². The van der Waals surface area contributed by atoms with Crippen LogP contribution in [0.5, 0.6) is 5.75 Å². The van der Waals surface area contributed by atoms with Gasteiger partial charge in [0.1, 0.15) is 5.75 Å². The van der Waals surface area contributed by atoms with Gasteiger partial charge in [0.25, 0.3) is 0 Å². The van der Waals surface area contributed by atoms with E-state index in [4.69, 9.17) is 5.11 Å². The number of carbonyl (C=O) groups is 1. The van der Waals surface area contributed by atoms with Crippen molar-refractivity contribution in [1.82, 2.24) is 5.32 Å². The van der Waals surface area contributed by atoms with Crippen LogP contribution in [-0.2, 0) is 11.2 Å². The predicted molar refractivity (Wildman–Crippen MR) is 112 cm³/mol. The zero-order valence-corrected chi connectivity index (χ0v) is 16.4. The first kappa shape index (κ1) is 22.3. The second-order valence-electron chi connectivity index (χ2n) is 6.97. The standard InChI is InChI=1S/C13H12O.C9H17NO.C2H2/c14-13-8-6-12(7-9-13)10-11-4-2-1-3-5-11;1-7(2)9(11)10-8-5-3-4-6-8;1-2/h1-9,14H,10H2;7-8H,3-6H2,1-2H3,(H,10,11);1-2H. The first-order valence-corrected chi connectivity index (χ1v) is 9.50. The van der Waals surface area contributed by atoms with E-state index < -0.39 is 0 Å². The van der Waals surface area contributed by atoms with Gasteiger partial charge in [-0.05, 0) is 42.5 Å². The molecule has 1 aliphatic carbocycles. The van der Waals surface area contributed by atoms with Crippen LogP contribution < -0.4 is 5.32 Å². The molecule has 0 spiro atoms. The van der Waals surface area contributed by atoms with E-state index in [9.17, 15) is 4.79 Å². The molecule has 1 aliphatic rings. The molecule has 0 aromatic heterocycles. The Balaban J connectivity index is 0.000000254. The maximum atomic E-state index is 11.2. The smallest absolute Gasteiger partial charge is 0.222 e. The number of hydrogen-bond acceptors (Lipinski definition) is 2. The molecule has 27 heavy (non-hydrogen) atoms. The van der Waals surface area contributed by atoms with Crippen molar-refractivity contribution in [3.8, 4) is 18.6 Å². The number of rotatable bonds is 4. The lowest BCUT2D eigenvalue weighted by molar-refractivity contribution is -0.124. The van der Waals surface area contributed by atoms with Crippen LogP contribution in [0.4, 0.5) is 0 Å². The highest BCUT2D eigenvalue weighted by molar-refractivity contribution is 5.78. The summed E-state index contributed by atoms with van der Waals surface area (Å²) in [5.74, 6) is 0.661. The molecule has 1 saturated carbocycles. The fraction of sp³-hybridized carbons (Fsp3) is 0.375. The molecule has 0 bridgehead atoms. The monoisotopic (exact) mass is 365 g/mol. The van der Waals surface area contributed by atoms with Gasteiger partial charge >= 0.3 is 0 Å². The third kappa shape index (κ3) is 8.96. The summed E-state index contributed by atoms with van der Waals surface area (Å²) in [5, 5.41) is 12.2. The largest absolute Gasteiger partial charge is 0.508 e. The summed E-state index contributed by atoms with van der Waals surface area (Å²) in [6.07, 6.45) is 13.8. The van der Waals surface area contributed by atoms with Gasteiger partial charge in [-0.25, -0.2) is 0 Å². The van der Waals surface area contributed by atoms with Crippen molar-refractivity contribution in [2.45, 2.75) is 52.0 Å². The molecule has 144 valence electrons. The van der Waals surface area contributed by atoms with Crippen molar-refractivity contribution in [1.29, 1.82) is 0 Å². The Kier molecular flexibility index (Phi) is 10.4. The summed E-state index contributed by atoms with van der Waals surface area (Å²) in [7, 11) is 0. The van der Waals surface area contributed by atoms with Gasteiger partial charge in [-0.3, -0.25) is 4.79 Å². The van der Waals surface area contributed by atoms with Crippen molar-refractivity contribution in [3.63, 3.8) is 0 Å². The molecule has 0 heterocycles. The third-order valence-corrected chi connectivity index (χ3v) is 4.41. The Morgan fingerprint density at radius 1 is 1.00 bits per heavy atom. The fourth-order valence-electron chi connectivity index (χ4n) is 2.88. The molecule has 2 aromatic carbocycles. The van der Waals surface area contributed by atoms with E-state index in [2.05, 4.69) is 30.3 Å². The molecule has 3 nitrogen and oxygen atoms in total. The SMILES string of the molecule is C#C.CC(C)C(=O)NC1CCCC1.Oc1ccc(Cc2ccccc2)cc1. The van der Waals surface area contributed by atoms with Crippen LogP contribution in [0.2, 0.25) is 0 Å². The first-order valence-electron chi connectivity index (χ1n) is 9.50. The van der Waals surface area contributed by atoms with Crippen molar-refractivity contribution < 1.29 is 9.90 Å². The Labute approximate surface area is 163 Å². The second kappa shape index (κ2) is 12.6. The fourth-order valence-corrected chi connectivity index (χ4v) is 2.88. The van der Waals surface area contributed by atoms with Crippen molar-refractivity contribution in [2.24, 2.45) is 5.92 Å². The van der Waals surface area contributed by atoms with Crippen LogP contribution >= 0.6 is 0 Å². The van der Waals surface area contributed by atoms with Gasteiger partial charge in [-0.15, -0.1) is 12.8 Å². The molecule has 0 atom stereocenters. The van der Waals surface area contributed by atoms with Crippen LogP contribution in [0.15, 0.2) is 54.6 Å². The minimum absolute atomic E-state index is 0.135. The van der Waals surface area contributed by atoms with Crippen LogP contribution in [-0.4, -0.2) is 17.1 Å². The molecule has 2 N–H and O–H groups in total. The van der Waals surface area contributed by atoms with E-state index >= 15 is 0 Å². The average molecular weight is 366 g/mol. The van der Waals surface area contributed by atoms with E-state index in [1.54, 1.807) is 12.1 Å². The van der Waals surface area contributed by atoms with Crippen molar-refractivity contribution in [3.05, 3.63) is 65.7 Å². The highest BCUT2D eigenvalue weighted by Crippen LogP contribution is 2.17. The lowest BCUT2D eigenvalue weighted by atomic mass is 10.1. The Bertz CT molecular complexity index is 669. The summed E-state index contributed by atoms with van der Waals surface area (Å²) in [6.45, 7) is 3.87. The van der Waals surface area contributed by atoms with Gasteiger partial charge in [-0.1, -0.05) is 69.2 Å². The lowest BCUT2D eigenvalue weighted by Crippen LogP contribution is -2.35. The van der Waals surface area contributed by atoms with Gasteiger partial charge in [0.2, 0.25) is 5.91 Å². The maximum absolute atomic E-state index is 11.2. The molecule has 2 aromatic rings. The van der Waals surface area contributed by atoms with Crippen molar-refractivity contribution >= 4 is 5.91 Å². The Morgan fingerprint density at radius 2 is 1.52 bits per heavy atom. The highest BCUT2D eigenvalue weighted by Gasteiger charge is 2.17. The van der Waals surface area contributed by atoms with Crippen molar-refractivity contribution in [2.75, 3.05) is 0 Å². The zero-order valence-electron chi connectivity index (χ0n) is 16.4. The van der Waals surface area contributed by atoms with Crippen LogP contribution in [0.25, 0.3) is 0 Å². The number of terminal acetylenes is 1. The quantitative estimate of drug-likeness (QED) is 0.755. The molecule has 1 amide bonds. The number of hydrogen-bond donors (Lipinski definition) is 2. The van der Waals surface area contributed by atoms with E-state index in [1.807, 2.05) is 44.2 Å². The predicted octanol–water partition coefficient (Wildman–Crippen LogP) is 4.93. The molecule has 0 saturated heterocycles. The number of benzene rings is 2. The summed E-state index contributed by atoms with van der Waals surface area (Å²) in [4.78, 5) is 11.2. The van der Waals surface area contributed by atoms with E-state index in [0.717, 1.165) is 6.42 Å². The summed E-state index contributed by atoms with van der Waals surface area (Å²) < 4.78 is 0. The summed E-state index contributed by atoms with van der Waals surface area (Å²) >= 11 is 0. The van der Waals surface area contributed by atoms with Gasteiger partial charge in [0.05, 0.1) is 0 Å². The van der Waals surface area contributed by atoms with E-state index in [-0.39, 0.29) is 11.8 Å². The summed E-state index contributed by atoms with van der Waals surface area (Å²) in [5.41, 5.74) is 2.51. The van der Waals surface area contributed by atoms with Crippen LogP contribution in [0.3, 0.4) is 0 Å². The summed E-state index contributed by atoms with van der Waals surface area (Å²) in [6, 6.07) is 18.1. The van der Waals surface area contributed by atoms with Gasteiger partial charge in [0, 0.05) is 12.0 Å². The molecular formula is C24H31NO2. The van der Waals surface area contributed by atoms with Gasteiger partial charge in [0.15, 0.2) is 0 Å². The number of phenolic OH excluding ortho intramolecular Hbond substituents is 1. The second-order valence-corrected chi connectivity index (χ2v) is 6.97. The maximum Gasteiger partial charge on any atom is 0.222 e. The number of carbonyl (C=O) groups excluding carboxylic acids is 1. The number of phenols is 1. The minimum Gasteiger partial charge on any atom is -0.508 e. The minimum atomic E-state index is 0.135. The van der Waals surface area contributed by atoms with Crippen LogP contribution in [0.1, 0.15) is 50.7 Å². The number of nitrogens with one attached hydrogen (secondary N) is 1. The molecule has 0 radical (unpaired) electrons. The Hall–Kier alpha value is -2.73. The zero-order chi connectivity index (χ0) is 20.1. The topological polar surface area (TPSA) is 49.3 Å². The van der Waals surface area contributed by atoms with E-state index in [1.165, 1.54) is 36.8 Å². The molecule has 1 fully saturated rings. The molecule has 0 unspecified atom stereocenters. The molecule has 0 aliphatic heterocycles. The van der Waals surface area contributed by atoms with Gasteiger partial charge < -0.3 is 10.4 Å².